The average Bonchev–Trinajstić information content (AvgIpc) is 2.41. The Labute approximate surface area is 125 Å². The minimum absolute atomic E-state index is 0.176. The Hall–Kier alpha value is -1.56. The normalized spacial score (nSPS) is 11.1. The lowest BCUT2D eigenvalue weighted by molar-refractivity contribution is 0.470. The van der Waals surface area contributed by atoms with E-state index < -0.39 is 0 Å². The monoisotopic (exact) mass is 367 g/mol. The van der Waals surface area contributed by atoms with E-state index in [1.807, 2.05) is 31.2 Å². The van der Waals surface area contributed by atoms with Crippen LogP contribution in [0.3, 0.4) is 0 Å². The summed E-state index contributed by atoms with van der Waals surface area (Å²) in [6.07, 6.45) is 2.32. The molecule has 2 aromatic carbocycles. The van der Waals surface area contributed by atoms with Crippen molar-refractivity contribution in [1.82, 2.24) is 0 Å². The van der Waals surface area contributed by atoms with Crippen molar-refractivity contribution in [1.29, 1.82) is 0 Å². The number of rotatable bonds is 3. The Kier molecular flexibility index (Phi) is 4.42. The Morgan fingerprint density at radius 1 is 1.21 bits per heavy atom. The van der Waals surface area contributed by atoms with Crippen LogP contribution in [0.2, 0.25) is 0 Å². The van der Waals surface area contributed by atoms with Gasteiger partial charge in [0, 0.05) is 15.3 Å². The van der Waals surface area contributed by atoms with Crippen LogP contribution in [0.1, 0.15) is 18.1 Å². The van der Waals surface area contributed by atoms with Gasteiger partial charge >= 0.3 is 0 Å². The first-order chi connectivity index (χ1) is 9.11. The van der Waals surface area contributed by atoms with Crippen LogP contribution in [0, 0.1) is 3.57 Å². The van der Waals surface area contributed by atoms with Crippen LogP contribution >= 0.6 is 22.6 Å². The third-order valence-electron chi connectivity index (χ3n) is 2.81. The molecule has 0 bridgehead atoms. The van der Waals surface area contributed by atoms with Gasteiger partial charge in [0.25, 0.3) is 0 Å². The number of benzene rings is 2. The van der Waals surface area contributed by atoms with E-state index in [0.717, 1.165) is 15.6 Å². The highest BCUT2D eigenvalue weighted by Gasteiger charge is 2.04. The lowest BCUT2D eigenvalue weighted by Crippen LogP contribution is -1.85. The fourth-order valence-electron chi connectivity index (χ4n) is 1.74. The summed E-state index contributed by atoms with van der Waals surface area (Å²) in [7, 11) is 0. The first-order valence-electron chi connectivity index (χ1n) is 5.95. The molecule has 2 aromatic rings. The Morgan fingerprint density at radius 3 is 2.74 bits per heavy atom. The summed E-state index contributed by atoms with van der Waals surface area (Å²) in [6.45, 7) is 1.98. The quantitative estimate of drug-likeness (QED) is 0.636. The van der Waals surface area contributed by atoms with Crippen molar-refractivity contribution in [3.63, 3.8) is 0 Å². The highest BCUT2D eigenvalue weighted by molar-refractivity contribution is 14.1. The maximum atomic E-state index is 10.0. The molecule has 0 atom stereocenters. The minimum Gasteiger partial charge on any atom is -0.507 e. The number of aliphatic imine (C=N–C) groups is 1. The topological polar surface area (TPSA) is 52.8 Å². The molecule has 19 heavy (non-hydrogen) atoms. The Bertz CT molecular complexity index is 624. The molecule has 0 amide bonds. The predicted molar refractivity (Wildman–Crippen MR) is 85.6 cm³/mol. The molecule has 3 nitrogen and oxygen atoms in total. The average molecular weight is 367 g/mol. The van der Waals surface area contributed by atoms with Gasteiger partial charge in [-0.25, -0.2) is 0 Å². The van der Waals surface area contributed by atoms with Crippen LogP contribution in [-0.4, -0.2) is 16.4 Å². The van der Waals surface area contributed by atoms with E-state index >= 15 is 0 Å². The summed E-state index contributed by atoms with van der Waals surface area (Å²) in [5.41, 5.74) is 2.01. The van der Waals surface area contributed by atoms with Crippen LogP contribution in [0.4, 0.5) is 5.69 Å². The standard InChI is InChI=1S/C15H14INO2/c1-2-10-4-3-5-13(15(10)19)17-9-11-8-12(16)6-7-14(11)18/h3-9,18-19H,2H2,1H3. The van der Waals surface area contributed by atoms with Gasteiger partial charge in [-0.15, -0.1) is 0 Å². The molecule has 0 saturated carbocycles. The molecular weight excluding hydrogens is 353 g/mol. The summed E-state index contributed by atoms with van der Waals surface area (Å²) in [5.74, 6) is 0.377. The van der Waals surface area contributed by atoms with E-state index in [1.54, 1.807) is 18.3 Å². The zero-order valence-corrected chi connectivity index (χ0v) is 12.6. The Morgan fingerprint density at radius 2 is 2.00 bits per heavy atom. The van der Waals surface area contributed by atoms with Crippen LogP contribution in [0.15, 0.2) is 41.4 Å². The number of aromatic hydroxyl groups is 2. The van der Waals surface area contributed by atoms with Gasteiger partial charge in [-0.3, -0.25) is 4.99 Å². The summed E-state index contributed by atoms with van der Waals surface area (Å²) in [5, 5.41) is 19.7. The SMILES string of the molecule is CCc1cccc(N=Cc2cc(I)ccc2O)c1O. The van der Waals surface area contributed by atoms with E-state index in [9.17, 15) is 10.2 Å². The number of hydrogen-bond donors (Lipinski definition) is 2. The molecule has 0 saturated heterocycles. The zero-order chi connectivity index (χ0) is 13.8. The van der Waals surface area contributed by atoms with E-state index in [0.29, 0.717) is 11.3 Å². The number of para-hydroxylation sites is 1. The van der Waals surface area contributed by atoms with E-state index in [-0.39, 0.29) is 11.5 Å². The van der Waals surface area contributed by atoms with Gasteiger partial charge < -0.3 is 10.2 Å². The van der Waals surface area contributed by atoms with Gasteiger partial charge in [-0.2, -0.15) is 0 Å². The molecule has 0 spiro atoms. The molecule has 98 valence electrons. The first kappa shape index (κ1) is 13.9. The van der Waals surface area contributed by atoms with Crippen molar-refractivity contribution in [3.05, 3.63) is 51.1 Å². The maximum absolute atomic E-state index is 10.0. The summed E-state index contributed by atoms with van der Waals surface area (Å²) in [4.78, 5) is 4.25. The predicted octanol–water partition coefficient (Wildman–Crippen LogP) is 4.02. The van der Waals surface area contributed by atoms with Crippen molar-refractivity contribution in [3.8, 4) is 11.5 Å². The van der Waals surface area contributed by atoms with Crippen molar-refractivity contribution in [2.75, 3.05) is 0 Å². The van der Waals surface area contributed by atoms with Gasteiger partial charge in [0.15, 0.2) is 0 Å². The molecule has 2 rings (SSSR count). The van der Waals surface area contributed by atoms with Crippen molar-refractivity contribution in [2.24, 2.45) is 4.99 Å². The molecule has 4 heteroatoms. The van der Waals surface area contributed by atoms with E-state index in [4.69, 9.17) is 0 Å². The number of aryl methyl sites for hydroxylation is 1. The third kappa shape index (κ3) is 3.26. The van der Waals surface area contributed by atoms with Crippen molar-refractivity contribution < 1.29 is 10.2 Å². The molecule has 0 heterocycles. The minimum atomic E-state index is 0.176. The summed E-state index contributed by atoms with van der Waals surface area (Å²) in [6, 6.07) is 10.8. The molecule has 0 aliphatic carbocycles. The van der Waals surface area contributed by atoms with E-state index in [2.05, 4.69) is 27.6 Å². The highest BCUT2D eigenvalue weighted by Crippen LogP contribution is 2.30. The van der Waals surface area contributed by atoms with Crippen molar-refractivity contribution in [2.45, 2.75) is 13.3 Å². The second-order valence-corrected chi connectivity index (χ2v) is 5.35. The van der Waals surface area contributed by atoms with Gasteiger partial charge in [-0.05, 0) is 58.8 Å². The number of phenols is 2. The molecule has 2 N–H and O–H groups in total. The van der Waals surface area contributed by atoms with Crippen LogP contribution in [-0.2, 0) is 6.42 Å². The number of phenolic OH excluding ortho intramolecular Hbond substituents is 2. The fraction of sp³-hybridized carbons (Fsp3) is 0.133. The molecule has 0 aromatic heterocycles. The van der Waals surface area contributed by atoms with Crippen molar-refractivity contribution >= 4 is 34.5 Å². The summed E-state index contributed by atoms with van der Waals surface area (Å²) < 4.78 is 1.02. The van der Waals surface area contributed by atoms with Gasteiger partial charge in [-0.1, -0.05) is 19.1 Å². The summed E-state index contributed by atoms with van der Waals surface area (Å²) >= 11 is 2.17. The molecular formula is C15H14INO2. The zero-order valence-electron chi connectivity index (χ0n) is 10.5. The molecule has 0 aliphatic heterocycles. The van der Waals surface area contributed by atoms with Crippen LogP contribution in [0.25, 0.3) is 0 Å². The largest absolute Gasteiger partial charge is 0.507 e. The first-order valence-corrected chi connectivity index (χ1v) is 7.03. The molecule has 0 fully saturated rings. The van der Waals surface area contributed by atoms with Gasteiger partial charge in [0.05, 0.1) is 0 Å². The second-order valence-electron chi connectivity index (χ2n) is 4.10. The molecule has 0 aliphatic rings. The smallest absolute Gasteiger partial charge is 0.144 e. The number of halogens is 1. The second kappa shape index (κ2) is 6.06. The highest BCUT2D eigenvalue weighted by atomic mass is 127. The van der Waals surface area contributed by atoms with Crippen LogP contribution in [0.5, 0.6) is 11.5 Å². The Balaban J connectivity index is 2.35. The van der Waals surface area contributed by atoms with E-state index in [1.165, 1.54) is 0 Å². The van der Waals surface area contributed by atoms with Gasteiger partial charge in [0.1, 0.15) is 17.2 Å². The lowest BCUT2D eigenvalue weighted by Gasteiger charge is -2.04. The van der Waals surface area contributed by atoms with Gasteiger partial charge in [0.2, 0.25) is 0 Å². The number of nitrogens with zero attached hydrogens (tertiary/aromatic N) is 1. The van der Waals surface area contributed by atoms with Crippen LogP contribution < -0.4 is 0 Å². The molecule has 0 unspecified atom stereocenters. The lowest BCUT2D eigenvalue weighted by atomic mass is 10.1. The number of hydrogen-bond acceptors (Lipinski definition) is 3. The maximum Gasteiger partial charge on any atom is 0.144 e. The third-order valence-corrected chi connectivity index (χ3v) is 3.48. The molecule has 0 radical (unpaired) electrons. The fourth-order valence-corrected chi connectivity index (χ4v) is 2.25.